The first-order chi connectivity index (χ1) is 32.2. The minimum Gasteiger partial charge on any atom is -0.462 e. The first kappa shape index (κ1) is 51.5. The number of halogens is 1. The van der Waals surface area contributed by atoms with Gasteiger partial charge in [0.2, 0.25) is 0 Å². The molecular formula is C43H49ClN6O16P2. The third-order valence-corrected chi connectivity index (χ3v) is 13.1. The van der Waals surface area contributed by atoms with Crippen molar-refractivity contribution >= 4 is 38.6 Å². The number of aryl methyl sites for hydroxylation is 1. The minimum atomic E-state index is -4.26. The Bertz CT molecular complexity index is 2910. The molecule has 2 aromatic heterocycles. The van der Waals surface area contributed by atoms with E-state index >= 15 is 0 Å². The minimum absolute atomic E-state index is 0.00285. The number of aromatic amines is 2. The van der Waals surface area contributed by atoms with Gasteiger partial charge in [-0.15, -0.1) is 0 Å². The Kier molecular flexibility index (Phi) is 17.1. The van der Waals surface area contributed by atoms with Crippen molar-refractivity contribution < 1.29 is 56.2 Å². The molecule has 0 saturated carbocycles. The highest BCUT2D eigenvalue weighted by atomic mass is 35.5. The number of nitrogens with one attached hydrogen (secondary N) is 4. The van der Waals surface area contributed by atoms with E-state index in [4.69, 9.17) is 49.1 Å². The van der Waals surface area contributed by atoms with Crippen LogP contribution in [0.3, 0.4) is 0 Å². The summed E-state index contributed by atoms with van der Waals surface area (Å²) in [4.78, 5) is 79.3. The van der Waals surface area contributed by atoms with Crippen LogP contribution in [0.2, 0.25) is 5.02 Å². The van der Waals surface area contributed by atoms with E-state index in [0.29, 0.717) is 5.56 Å². The number of H-pyrrole nitrogens is 2. The van der Waals surface area contributed by atoms with E-state index in [1.54, 1.807) is 52.0 Å². The first-order valence-corrected chi connectivity index (χ1v) is 24.9. The molecule has 1 aromatic carbocycles. The lowest BCUT2D eigenvalue weighted by atomic mass is 10.1. The fourth-order valence-electron chi connectivity index (χ4n) is 6.34. The predicted octanol–water partition coefficient (Wildman–Crippen LogP) is 4.45. The molecule has 4 heterocycles. The van der Waals surface area contributed by atoms with Crippen molar-refractivity contribution in [2.75, 3.05) is 12.7 Å². The number of carbonyl (C=O) groups is 2. The van der Waals surface area contributed by atoms with Crippen molar-refractivity contribution in [1.82, 2.24) is 29.3 Å². The second kappa shape index (κ2) is 22.5. The summed E-state index contributed by atoms with van der Waals surface area (Å²) in [5.41, 5.74) is 3.32. The summed E-state index contributed by atoms with van der Waals surface area (Å²) >= 11 is 5.92. The van der Waals surface area contributed by atoms with E-state index in [2.05, 4.69) is 31.6 Å². The lowest BCUT2D eigenvalue weighted by Gasteiger charge is -2.27. The molecule has 0 saturated heterocycles. The third-order valence-electron chi connectivity index (χ3n) is 9.42. The molecule has 8 atom stereocenters. The quantitative estimate of drug-likeness (QED) is 0.0468. The van der Waals surface area contributed by atoms with Gasteiger partial charge in [0.05, 0.1) is 12.2 Å². The summed E-state index contributed by atoms with van der Waals surface area (Å²) in [7, 11) is -8.41. The van der Waals surface area contributed by atoms with Crippen molar-refractivity contribution in [2.45, 2.75) is 97.3 Å². The number of nitrogens with zero attached hydrogens (tertiary/aromatic N) is 2. The lowest BCUT2D eigenvalue weighted by Crippen LogP contribution is -2.40. The number of aromatic nitrogens is 4. The van der Waals surface area contributed by atoms with Gasteiger partial charge in [-0.3, -0.25) is 47.4 Å². The first-order valence-electron chi connectivity index (χ1n) is 20.9. The van der Waals surface area contributed by atoms with Gasteiger partial charge in [0.1, 0.15) is 22.9 Å². The van der Waals surface area contributed by atoms with E-state index in [9.17, 15) is 37.9 Å². The second-order valence-corrected chi connectivity index (χ2v) is 20.3. The number of rotatable bonds is 22. The highest BCUT2D eigenvalue weighted by Gasteiger charge is 2.37. The standard InChI is InChI=1S/C43H49ClN6O16P2/c1-25(2)61-40(53)28(6)47-67(57,23-59-36-18-16-34(63-36)49-21-27(5)38(51)45-42(49)55)66-31-14-12-29(13-15-31)20-33(41(54)62-26(3)4)48-68(58,65-30-10-8-7-9-11-30)24-60-37-19-17-35(64-37)50-22-32(44)39(52)46-43(50)56/h7-8,10,12-19,21-22,25-26,28,33-37H,20,23-24H2,1-6H3,(H,47,57)(H,48,58)(H,45,51,55)(H,46,52,56)/t28-,33-,34+,35+,36-,37-,67?,68-/m0/s1. The Labute approximate surface area is 392 Å². The monoisotopic (exact) mass is 1000 g/mol. The fourth-order valence-corrected chi connectivity index (χ4v) is 9.79. The lowest BCUT2D eigenvalue weighted by molar-refractivity contribution is -0.150. The van der Waals surface area contributed by atoms with Crippen LogP contribution in [0.1, 0.15) is 58.2 Å². The molecule has 1 aliphatic carbocycles. The van der Waals surface area contributed by atoms with Gasteiger partial charge in [-0.1, -0.05) is 29.5 Å². The summed E-state index contributed by atoms with van der Waals surface area (Å²) < 4.78 is 77.2. The molecule has 0 fully saturated rings. The van der Waals surface area contributed by atoms with Gasteiger partial charge in [-0.25, -0.2) is 19.8 Å². The average Bonchev–Trinajstić information content (AvgIpc) is 3.96. The molecule has 0 spiro atoms. The number of benzene rings is 1. The molecule has 3 aliphatic rings. The molecule has 2 aliphatic heterocycles. The summed E-state index contributed by atoms with van der Waals surface area (Å²) in [6.07, 6.45) is 6.08. The van der Waals surface area contributed by atoms with Crippen LogP contribution < -0.4 is 37.2 Å². The van der Waals surface area contributed by atoms with Gasteiger partial charge >= 0.3 is 38.4 Å². The highest BCUT2D eigenvalue weighted by molar-refractivity contribution is 7.57. The maximum Gasteiger partial charge on any atom is 0.343 e. The zero-order valence-electron chi connectivity index (χ0n) is 37.4. The summed E-state index contributed by atoms with van der Waals surface area (Å²) in [6, 6.07) is 3.55. The molecule has 25 heteroatoms. The molecule has 4 N–H and O–H groups in total. The smallest absolute Gasteiger partial charge is 0.343 e. The van der Waals surface area contributed by atoms with Gasteiger partial charge in [0, 0.05) is 18.0 Å². The molecular weight excluding hydrogens is 954 g/mol. The molecule has 0 radical (unpaired) electrons. The summed E-state index contributed by atoms with van der Waals surface area (Å²) in [5, 5.41) is 5.23. The van der Waals surface area contributed by atoms with E-state index in [-0.39, 0.29) is 28.5 Å². The van der Waals surface area contributed by atoms with Crippen molar-refractivity contribution in [2.24, 2.45) is 0 Å². The maximum atomic E-state index is 14.7. The molecule has 0 bridgehead atoms. The third kappa shape index (κ3) is 14.1. The van der Waals surface area contributed by atoms with E-state index < -0.39 is 111 Å². The van der Waals surface area contributed by atoms with E-state index in [1.165, 1.54) is 62.6 Å². The van der Waals surface area contributed by atoms with Crippen LogP contribution in [-0.4, -0.2) is 80.6 Å². The molecule has 3 aromatic rings. The Morgan fingerprint density at radius 1 is 0.779 bits per heavy atom. The number of hydrogen-bond donors (Lipinski definition) is 4. The zero-order chi connectivity index (χ0) is 49.3. The summed E-state index contributed by atoms with van der Waals surface area (Å²) in [5.74, 6) is -1.45. The number of hydrogen-bond acceptors (Lipinski definition) is 16. The van der Waals surface area contributed by atoms with Crippen LogP contribution >= 0.6 is 26.6 Å². The van der Waals surface area contributed by atoms with Crippen LogP contribution in [0.25, 0.3) is 0 Å². The van der Waals surface area contributed by atoms with Gasteiger partial charge < -0.3 is 37.5 Å². The van der Waals surface area contributed by atoms with Crippen LogP contribution in [0.4, 0.5) is 0 Å². The molecule has 6 rings (SSSR count). The van der Waals surface area contributed by atoms with Crippen molar-refractivity contribution in [1.29, 1.82) is 0 Å². The van der Waals surface area contributed by atoms with Crippen LogP contribution in [0.5, 0.6) is 5.75 Å². The van der Waals surface area contributed by atoms with Crippen LogP contribution in [0, 0.1) is 6.92 Å². The summed E-state index contributed by atoms with van der Waals surface area (Å²) in [6.45, 7) is 9.54. The predicted molar refractivity (Wildman–Crippen MR) is 244 cm³/mol. The molecule has 1 unspecified atom stereocenters. The average molecular weight is 1000 g/mol. The van der Waals surface area contributed by atoms with Crippen LogP contribution in [-0.2, 0) is 58.1 Å². The van der Waals surface area contributed by atoms with E-state index in [0.717, 1.165) is 15.3 Å². The number of ether oxygens (including phenoxy) is 6. The maximum absolute atomic E-state index is 14.7. The van der Waals surface area contributed by atoms with E-state index in [1.807, 2.05) is 0 Å². The molecule has 364 valence electrons. The van der Waals surface area contributed by atoms with Gasteiger partial charge in [-0.2, -0.15) is 0 Å². The Morgan fingerprint density at radius 3 is 1.91 bits per heavy atom. The molecule has 68 heavy (non-hydrogen) atoms. The number of allylic oxidation sites excluding steroid dienone is 3. The largest absolute Gasteiger partial charge is 0.462 e. The van der Waals surface area contributed by atoms with Crippen molar-refractivity contribution in [3.05, 3.63) is 154 Å². The molecule has 22 nitrogen and oxygen atoms in total. The van der Waals surface area contributed by atoms with Crippen molar-refractivity contribution in [3.63, 3.8) is 0 Å². The van der Waals surface area contributed by atoms with Crippen molar-refractivity contribution in [3.8, 4) is 5.75 Å². The zero-order valence-corrected chi connectivity index (χ0v) is 40.0. The van der Waals surface area contributed by atoms with Gasteiger partial charge in [0.25, 0.3) is 11.1 Å². The fraction of sp³-hybridized carbons (Fsp3) is 0.395. The highest BCUT2D eigenvalue weighted by Crippen LogP contribution is 2.47. The van der Waals surface area contributed by atoms with Gasteiger partial charge in [0.15, 0.2) is 43.5 Å². The number of esters is 2. The topological polar surface area (TPSA) is 276 Å². The Morgan fingerprint density at radius 2 is 1.34 bits per heavy atom. The SMILES string of the molecule is Cc1cn([C@H]2C=C[C@@H](OCP(=O)(N[C@@H](C)C(=O)OC(C)C)Oc3ccc(C[C@H](N[P@](=O)(CO[C@@H]4C=C[C@H](n5cc(Cl)c(=O)[nH]c5=O)O4)OC4=C=C=CC=C4)C(=O)OC(C)C)cc3)O2)c(=O)[nH]c1=O. The Balaban J connectivity index is 1.17. The van der Waals surface area contributed by atoms with Crippen LogP contribution in [0.15, 0.2) is 116 Å². The van der Waals surface area contributed by atoms with Gasteiger partial charge in [-0.05, 0) is 114 Å². The molecule has 0 amide bonds. The normalized spacial score (nSPS) is 21.0. The Hall–Kier alpha value is -5.85. The number of carbonyl (C=O) groups excluding carboxylic acids is 2. The second-order valence-electron chi connectivity index (χ2n) is 15.8.